The second kappa shape index (κ2) is 9.77. The second-order valence-corrected chi connectivity index (χ2v) is 7.20. The number of rotatable bonds is 6. The first-order valence-corrected chi connectivity index (χ1v) is 9.35. The van der Waals surface area contributed by atoms with Gasteiger partial charge >= 0.3 is 0 Å². The molecular weight excluding hydrogens is 360 g/mol. The highest BCUT2D eigenvalue weighted by atomic mass is 35.5. The van der Waals surface area contributed by atoms with Crippen molar-refractivity contribution in [3.05, 3.63) is 64.7 Å². The molecule has 2 aromatic carbocycles. The Hall–Kier alpha value is -2.04. The second-order valence-electron chi connectivity index (χ2n) is 7.20. The molecule has 146 valence electrons. The van der Waals surface area contributed by atoms with E-state index in [9.17, 15) is 4.79 Å². The minimum absolute atomic E-state index is 0. The van der Waals surface area contributed by atoms with E-state index in [4.69, 9.17) is 10.5 Å². The summed E-state index contributed by atoms with van der Waals surface area (Å²) in [6.07, 6.45) is 3.06. The maximum Gasteiger partial charge on any atom is 0.254 e. The third-order valence-corrected chi connectivity index (χ3v) is 5.02. The lowest BCUT2D eigenvalue weighted by Gasteiger charge is -2.26. The van der Waals surface area contributed by atoms with Gasteiger partial charge in [0.15, 0.2) is 0 Å². The molecule has 2 N–H and O–H groups in total. The van der Waals surface area contributed by atoms with Gasteiger partial charge in [0.1, 0.15) is 0 Å². The first-order chi connectivity index (χ1) is 12.5. The van der Waals surface area contributed by atoms with Crippen LogP contribution in [0.1, 0.15) is 39.9 Å². The number of nitrogens with zero attached hydrogens (tertiary/aromatic N) is 1. The number of nitrogen functional groups attached to an aromatic ring is 1. The van der Waals surface area contributed by atoms with Gasteiger partial charge in [-0.3, -0.25) is 4.79 Å². The Morgan fingerprint density at radius 3 is 2.59 bits per heavy atom. The summed E-state index contributed by atoms with van der Waals surface area (Å²) in [6.45, 7) is 6.15. The standard InChI is InChI=1S/C22H28N2O2.ClH/c1-16-5-8-18(9-6-16)11-12-24(15-20-4-3-13-26-20)22(25)21-14-19(23)10-7-17(21)2;/h5-10,14,20H,3-4,11-13,15,23H2,1-2H3;1H. The van der Waals surface area contributed by atoms with E-state index in [1.807, 2.05) is 24.0 Å². The number of halogens is 1. The molecule has 1 atom stereocenters. The van der Waals surface area contributed by atoms with Gasteiger partial charge in [0, 0.05) is 30.9 Å². The fraction of sp³-hybridized carbons (Fsp3) is 0.409. The van der Waals surface area contributed by atoms with Crippen molar-refractivity contribution in [1.29, 1.82) is 0 Å². The summed E-state index contributed by atoms with van der Waals surface area (Å²) in [7, 11) is 0. The summed E-state index contributed by atoms with van der Waals surface area (Å²) < 4.78 is 5.77. The van der Waals surface area contributed by atoms with E-state index in [2.05, 4.69) is 31.2 Å². The molecule has 0 saturated carbocycles. The molecule has 0 aliphatic carbocycles. The number of ether oxygens (including phenoxy) is 1. The summed E-state index contributed by atoms with van der Waals surface area (Å²) in [5.41, 5.74) is 10.7. The Balaban J connectivity index is 0.00000261. The Morgan fingerprint density at radius 1 is 1.19 bits per heavy atom. The molecule has 1 heterocycles. The maximum atomic E-state index is 13.2. The molecular formula is C22H29ClN2O2. The minimum atomic E-state index is 0. The highest BCUT2D eigenvalue weighted by Crippen LogP contribution is 2.19. The summed E-state index contributed by atoms with van der Waals surface area (Å²) in [4.78, 5) is 15.1. The lowest BCUT2D eigenvalue weighted by molar-refractivity contribution is 0.0528. The first kappa shape index (κ1) is 21.3. The number of hydrogen-bond donors (Lipinski definition) is 1. The molecule has 1 saturated heterocycles. The summed E-state index contributed by atoms with van der Waals surface area (Å²) in [5, 5.41) is 0. The van der Waals surface area contributed by atoms with Crippen LogP contribution in [0.5, 0.6) is 0 Å². The van der Waals surface area contributed by atoms with Gasteiger partial charge in [0.25, 0.3) is 5.91 Å². The SMILES string of the molecule is Cc1ccc(CCN(CC2CCCO2)C(=O)c2cc(N)ccc2C)cc1.Cl. The first-order valence-electron chi connectivity index (χ1n) is 9.35. The summed E-state index contributed by atoms with van der Waals surface area (Å²) in [6, 6.07) is 14.0. The van der Waals surface area contributed by atoms with Gasteiger partial charge in [-0.2, -0.15) is 0 Å². The lowest BCUT2D eigenvalue weighted by Crippen LogP contribution is -2.39. The van der Waals surface area contributed by atoms with Crippen LogP contribution in [0.2, 0.25) is 0 Å². The minimum Gasteiger partial charge on any atom is -0.399 e. The van der Waals surface area contributed by atoms with Crippen LogP contribution in [-0.4, -0.2) is 36.6 Å². The van der Waals surface area contributed by atoms with Gasteiger partial charge in [-0.1, -0.05) is 35.9 Å². The van der Waals surface area contributed by atoms with Crippen LogP contribution in [0, 0.1) is 13.8 Å². The number of carbonyl (C=O) groups is 1. The largest absolute Gasteiger partial charge is 0.399 e. The lowest BCUT2D eigenvalue weighted by atomic mass is 10.0. The molecule has 4 nitrogen and oxygen atoms in total. The van der Waals surface area contributed by atoms with Gasteiger partial charge in [-0.05, 0) is 56.4 Å². The fourth-order valence-corrected chi connectivity index (χ4v) is 3.37. The number of aryl methyl sites for hydroxylation is 2. The molecule has 3 rings (SSSR count). The van der Waals surface area contributed by atoms with Crippen molar-refractivity contribution in [3.8, 4) is 0 Å². The molecule has 1 aliphatic heterocycles. The van der Waals surface area contributed by atoms with Crippen molar-refractivity contribution < 1.29 is 9.53 Å². The van der Waals surface area contributed by atoms with Gasteiger partial charge in [0.05, 0.1) is 6.10 Å². The number of anilines is 1. The van der Waals surface area contributed by atoms with Crippen LogP contribution < -0.4 is 5.73 Å². The third-order valence-electron chi connectivity index (χ3n) is 5.02. The van der Waals surface area contributed by atoms with Crippen molar-refractivity contribution in [2.75, 3.05) is 25.4 Å². The normalized spacial score (nSPS) is 16.0. The van der Waals surface area contributed by atoms with E-state index in [1.54, 1.807) is 6.07 Å². The van der Waals surface area contributed by atoms with Crippen molar-refractivity contribution >= 4 is 24.0 Å². The Morgan fingerprint density at radius 2 is 1.93 bits per heavy atom. The number of benzene rings is 2. The van der Waals surface area contributed by atoms with Crippen LogP contribution in [0.15, 0.2) is 42.5 Å². The highest BCUT2D eigenvalue weighted by Gasteiger charge is 2.24. The average molecular weight is 389 g/mol. The van der Waals surface area contributed by atoms with Crippen LogP contribution in [0.3, 0.4) is 0 Å². The smallest absolute Gasteiger partial charge is 0.254 e. The monoisotopic (exact) mass is 388 g/mol. The Kier molecular flexibility index (Phi) is 7.69. The molecule has 1 unspecified atom stereocenters. The van der Waals surface area contributed by atoms with Gasteiger partial charge < -0.3 is 15.4 Å². The maximum absolute atomic E-state index is 13.2. The predicted octanol–water partition coefficient (Wildman–Crippen LogP) is 4.17. The van der Waals surface area contributed by atoms with Crippen molar-refractivity contribution in [2.45, 2.75) is 39.2 Å². The van der Waals surface area contributed by atoms with Crippen LogP contribution in [0.4, 0.5) is 5.69 Å². The van der Waals surface area contributed by atoms with Gasteiger partial charge in [-0.25, -0.2) is 0 Å². The molecule has 1 fully saturated rings. The summed E-state index contributed by atoms with van der Waals surface area (Å²) in [5.74, 6) is 0.0393. The van der Waals surface area contributed by atoms with Gasteiger partial charge in [-0.15, -0.1) is 12.4 Å². The average Bonchev–Trinajstić information content (AvgIpc) is 3.14. The Labute approximate surface area is 168 Å². The van der Waals surface area contributed by atoms with Crippen LogP contribution in [-0.2, 0) is 11.2 Å². The zero-order valence-corrected chi connectivity index (χ0v) is 16.9. The van der Waals surface area contributed by atoms with Crippen LogP contribution >= 0.6 is 12.4 Å². The third kappa shape index (κ3) is 5.72. The molecule has 1 aliphatic rings. The Bertz CT molecular complexity index is 755. The quantitative estimate of drug-likeness (QED) is 0.755. The molecule has 5 heteroatoms. The van der Waals surface area contributed by atoms with Crippen molar-refractivity contribution in [1.82, 2.24) is 4.90 Å². The van der Waals surface area contributed by atoms with Gasteiger partial charge in [0.2, 0.25) is 0 Å². The molecule has 1 amide bonds. The molecule has 2 aromatic rings. The highest BCUT2D eigenvalue weighted by molar-refractivity contribution is 5.96. The van der Waals surface area contributed by atoms with Crippen molar-refractivity contribution in [3.63, 3.8) is 0 Å². The molecule has 0 bridgehead atoms. The van der Waals surface area contributed by atoms with E-state index < -0.39 is 0 Å². The van der Waals surface area contributed by atoms with E-state index >= 15 is 0 Å². The van der Waals surface area contributed by atoms with Crippen molar-refractivity contribution in [2.24, 2.45) is 0 Å². The molecule has 27 heavy (non-hydrogen) atoms. The molecule has 0 spiro atoms. The fourth-order valence-electron chi connectivity index (χ4n) is 3.37. The predicted molar refractivity (Wildman–Crippen MR) is 113 cm³/mol. The number of hydrogen-bond acceptors (Lipinski definition) is 3. The van der Waals surface area contributed by atoms with Crippen LogP contribution in [0.25, 0.3) is 0 Å². The zero-order chi connectivity index (χ0) is 18.5. The number of amides is 1. The molecule has 0 aromatic heterocycles. The van der Waals surface area contributed by atoms with E-state index in [0.29, 0.717) is 24.3 Å². The van der Waals surface area contributed by atoms with E-state index in [1.165, 1.54) is 11.1 Å². The molecule has 0 radical (unpaired) electrons. The summed E-state index contributed by atoms with van der Waals surface area (Å²) >= 11 is 0. The zero-order valence-electron chi connectivity index (χ0n) is 16.1. The van der Waals surface area contributed by atoms with E-state index in [0.717, 1.165) is 31.4 Å². The topological polar surface area (TPSA) is 55.6 Å². The van der Waals surface area contributed by atoms with E-state index in [-0.39, 0.29) is 24.4 Å². The number of carbonyl (C=O) groups excluding carboxylic acids is 1. The number of nitrogens with two attached hydrogens (primary N) is 1.